The molecule has 3 aromatic rings. The van der Waals surface area contributed by atoms with E-state index in [1.165, 1.54) is 6.92 Å². The molecule has 2 aromatic carbocycles. The molecule has 22 heavy (non-hydrogen) atoms. The lowest BCUT2D eigenvalue weighted by molar-refractivity contribution is -0.114. The molecule has 1 N–H and O–H groups in total. The molecule has 3 rings (SSSR count). The molecule has 112 valence electrons. The van der Waals surface area contributed by atoms with Crippen molar-refractivity contribution in [3.63, 3.8) is 0 Å². The van der Waals surface area contributed by atoms with Gasteiger partial charge in [0.05, 0.1) is 20.9 Å². The quantitative estimate of drug-likeness (QED) is 0.766. The van der Waals surface area contributed by atoms with Crippen LogP contribution in [0.5, 0.6) is 5.75 Å². The van der Waals surface area contributed by atoms with E-state index >= 15 is 0 Å². The zero-order valence-corrected chi connectivity index (χ0v) is 13.4. The van der Waals surface area contributed by atoms with E-state index in [-0.39, 0.29) is 5.91 Å². The van der Waals surface area contributed by atoms with Gasteiger partial charge >= 0.3 is 0 Å². The van der Waals surface area contributed by atoms with Gasteiger partial charge in [0.25, 0.3) is 0 Å². The molecule has 0 atom stereocenters. The van der Waals surface area contributed by atoms with E-state index in [9.17, 15) is 4.79 Å². The van der Waals surface area contributed by atoms with Gasteiger partial charge in [-0.05, 0) is 24.3 Å². The second kappa shape index (κ2) is 6.34. The van der Waals surface area contributed by atoms with E-state index in [4.69, 9.17) is 16.3 Å². The fourth-order valence-corrected chi connectivity index (χ4v) is 3.10. The molecular weight excluding hydrogens is 320 g/mol. The van der Waals surface area contributed by atoms with Crippen LogP contribution in [0.4, 0.5) is 5.69 Å². The Hall–Kier alpha value is -2.11. The molecule has 1 amide bonds. The number of rotatable bonds is 4. The fourth-order valence-electron chi connectivity index (χ4n) is 2.00. The van der Waals surface area contributed by atoms with Crippen molar-refractivity contribution >= 4 is 44.7 Å². The molecule has 0 aliphatic carbocycles. The number of anilines is 1. The minimum absolute atomic E-state index is 0.162. The number of hydrogen-bond donors (Lipinski definition) is 1. The number of ether oxygens (including phenoxy) is 1. The maximum Gasteiger partial charge on any atom is 0.221 e. The Morgan fingerprint density at radius 3 is 2.86 bits per heavy atom. The van der Waals surface area contributed by atoms with Crippen LogP contribution >= 0.6 is 22.9 Å². The first-order valence-corrected chi connectivity index (χ1v) is 7.85. The molecule has 0 saturated carbocycles. The topological polar surface area (TPSA) is 51.2 Å². The SMILES string of the molecule is CC(=O)Nc1ccc(OCc2nc3ccccc3s2)cc1Cl. The van der Waals surface area contributed by atoms with Crippen LogP contribution in [0.1, 0.15) is 11.9 Å². The van der Waals surface area contributed by atoms with Crippen LogP contribution in [0.15, 0.2) is 42.5 Å². The average Bonchev–Trinajstić information content (AvgIpc) is 2.90. The molecule has 0 saturated heterocycles. The maximum atomic E-state index is 11.0. The Kier molecular flexibility index (Phi) is 4.27. The van der Waals surface area contributed by atoms with Crippen molar-refractivity contribution in [1.82, 2.24) is 4.98 Å². The molecule has 1 aromatic heterocycles. The van der Waals surface area contributed by atoms with Gasteiger partial charge in [-0.1, -0.05) is 23.7 Å². The normalized spacial score (nSPS) is 10.6. The number of nitrogens with one attached hydrogen (secondary N) is 1. The summed E-state index contributed by atoms with van der Waals surface area (Å²) in [6.45, 7) is 1.82. The van der Waals surface area contributed by atoms with Gasteiger partial charge in [-0.25, -0.2) is 4.98 Å². The molecule has 0 aliphatic heterocycles. The van der Waals surface area contributed by atoms with E-state index < -0.39 is 0 Å². The molecule has 0 fully saturated rings. The fraction of sp³-hybridized carbons (Fsp3) is 0.125. The van der Waals surface area contributed by atoms with Crippen molar-refractivity contribution < 1.29 is 9.53 Å². The summed E-state index contributed by atoms with van der Waals surface area (Å²) in [6, 6.07) is 13.1. The lowest BCUT2D eigenvalue weighted by Gasteiger charge is -2.08. The minimum Gasteiger partial charge on any atom is -0.486 e. The van der Waals surface area contributed by atoms with Crippen molar-refractivity contribution in [1.29, 1.82) is 0 Å². The number of nitrogens with zero attached hydrogens (tertiary/aromatic N) is 1. The molecule has 0 unspecified atom stereocenters. The van der Waals surface area contributed by atoms with Gasteiger partial charge in [-0.15, -0.1) is 11.3 Å². The predicted octanol–water partition coefficient (Wildman–Crippen LogP) is 4.49. The Morgan fingerprint density at radius 2 is 2.14 bits per heavy atom. The second-order valence-corrected chi connectivity index (χ2v) is 6.21. The van der Waals surface area contributed by atoms with Crippen LogP contribution in [0.25, 0.3) is 10.2 Å². The number of hydrogen-bond acceptors (Lipinski definition) is 4. The van der Waals surface area contributed by atoms with Crippen LogP contribution in [0.3, 0.4) is 0 Å². The number of aromatic nitrogens is 1. The lowest BCUT2D eigenvalue weighted by Crippen LogP contribution is -2.06. The van der Waals surface area contributed by atoms with Crippen molar-refractivity contribution in [3.05, 3.63) is 52.5 Å². The van der Waals surface area contributed by atoms with Crippen molar-refractivity contribution in [2.75, 3.05) is 5.32 Å². The van der Waals surface area contributed by atoms with Crippen LogP contribution in [-0.2, 0) is 11.4 Å². The van der Waals surface area contributed by atoms with Crippen LogP contribution in [0, 0.1) is 0 Å². The highest BCUT2D eigenvalue weighted by molar-refractivity contribution is 7.18. The van der Waals surface area contributed by atoms with Crippen molar-refractivity contribution in [3.8, 4) is 5.75 Å². The van der Waals surface area contributed by atoms with Gasteiger partial charge in [0.15, 0.2) is 0 Å². The summed E-state index contributed by atoms with van der Waals surface area (Å²) in [4.78, 5) is 15.5. The van der Waals surface area contributed by atoms with Crippen LogP contribution in [-0.4, -0.2) is 10.9 Å². The maximum absolute atomic E-state index is 11.0. The zero-order valence-electron chi connectivity index (χ0n) is 11.8. The van der Waals surface area contributed by atoms with Gasteiger partial charge in [-0.3, -0.25) is 4.79 Å². The number of halogens is 1. The number of thiazole rings is 1. The Labute approximate surface area is 136 Å². The van der Waals surface area contributed by atoms with Gasteiger partial charge in [0, 0.05) is 13.0 Å². The smallest absolute Gasteiger partial charge is 0.221 e. The van der Waals surface area contributed by atoms with E-state index in [1.807, 2.05) is 24.3 Å². The summed E-state index contributed by atoms with van der Waals surface area (Å²) in [6.07, 6.45) is 0. The highest BCUT2D eigenvalue weighted by Crippen LogP contribution is 2.28. The van der Waals surface area contributed by atoms with Gasteiger partial charge in [-0.2, -0.15) is 0 Å². The van der Waals surface area contributed by atoms with Gasteiger partial charge in [0.2, 0.25) is 5.91 Å². The monoisotopic (exact) mass is 332 g/mol. The van der Waals surface area contributed by atoms with Gasteiger partial charge in [0.1, 0.15) is 17.4 Å². The first-order valence-electron chi connectivity index (χ1n) is 6.66. The molecule has 0 aliphatic rings. The van der Waals surface area contributed by atoms with E-state index in [1.54, 1.807) is 29.5 Å². The molecule has 6 heteroatoms. The van der Waals surface area contributed by atoms with Crippen LogP contribution in [0.2, 0.25) is 5.02 Å². The third-order valence-corrected chi connectivity index (χ3v) is 4.27. The standard InChI is InChI=1S/C16H13ClN2O2S/c1-10(20)18-13-7-6-11(8-12(13)17)21-9-16-19-14-4-2-3-5-15(14)22-16/h2-8H,9H2,1H3,(H,18,20). The molecule has 0 bridgehead atoms. The summed E-state index contributed by atoms with van der Waals surface area (Å²) in [5, 5.41) is 4.00. The molecule has 1 heterocycles. The van der Waals surface area contributed by atoms with E-state index in [0.29, 0.717) is 23.1 Å². The lowest BCUT2D eigenvalue weighted by atomic mass is 10.3. The zero-order chi connectivity index (χ0) is 15.5. The first-order chi connectivity index (χ1) is 10.6. The number of amides is 1. The molecule has 0 spiro atoms. The van der Waals surface area contributed by atoms with Crippen molar-refractivity contribution in [2.24, 2.45) is 0 Å². The highest BCUT2D eigenvalue weighted by atomic mass is 35.5. The third kappa shape index (κ3) is 3.37. The summed E-state index contributed by atoms with van der Waals surface area (Å²) >= 11 is 7.72. The Balaban J connectivity index is 1.70. The average molecular weight is 333 g/mol. The minimum atomic E-state index is -0.162. The molecular formula is C16H13ClN2O2S. The number of para-hydroxylation sites is 1. The van der Waals surface area contributed by atoms with E-state index in [2.05, 4.69) is 10.3 Å². The molecule has 4 nitrogen and oxygen atoms in total. The largest absolute Gasteiger partial charge is 0.486 e. The number of carbonyl (C=O) groups excluding carboxylic acids is 1. The predicted molar refractivity (Wildman–Crippen MR) is 89.7 cm³/mol. The number of fused-ring (bicyclic) bond motifs is 1. The first kappa shape index (κ1) is 14.8. The summed E-state index contributed by atoms with van der Waals surface area (Å²) < 4.78 is 6.85. The number of carbonyl (C=O) groups is 1. The summed E-state index contributed by atoms with van der Waals surface area (Å²) in [7, 11) is 0. The Morgan fingerprint density at radius 1 is 1.32 bits per heavy atom. The molecule has 0 radical (unpaired) electrons. The third-order valence-electron chi connectivity index (χ3n) is 2.95. The van der Waals surface area contributed by atoms with Crippen molar-refractivity contribution in [2.45, 2.75) is 13.5 Å². The summed E-state index contributed by atoms with van der Waals surface area (Å²) in [5.74, 6) is 0.475. The number of benzene rings is 2. The second-order valence-electron chi connectivity index (χ2n) is 4.69. The summed E-state index contributed by atoms with van der Waals surface area (Å²) in [5.41, 5.74) is 1.55. The Bertz CT molecular complexity index is 799. The van der Waals surface area contributed by atoms with Crippen LogP contribution < -0.4 is 10.1 Å². The highest BCUT2D eigenvalue weighted by Gasteiger charge is 2.07. The van der Waals surface area contributed by atoms with Gasteiger partial charge < -0.3 is 10.1 Å². The van der Waals surface area contributed by atoms with E-state index in [0.717, 1.165) is 15.2 Å².